The number of hydrogen-bond donors (Lipinski definition) is 3. The molecule has 0 aliphatic rings. The third-order valence-corrected chi connectivity index (χ3v) is 2.98. The highest BCUT2D eigenvalue weighted by Gasteiger charge is 2.12. The van der Waals surface area contributed by atoms with E-state index < -0.39 is 6.10 Å². The predicted octanol–water partition coefficient (Wildman–Crippen LogP) is 1.43. The predicted molar refractivity (Wildman–Crippen MR) is 73.1 cm³/mol. The number of aromatic nitrogens is 1. The molecular weight excluding hydrogens is 263 g/mol. The molecule has 108 valence electrons. The van der Waals surface area contributed by atoms with Crippen LogP contribution in [0, 0.1) is 5.82 Å². The van der Waals surface area contributed by atoms with Crippen LogP contribution >= 0.6 is 0 Å². The van der Waals surface area contributed by atoms with Gasteiger partial charge < -0.3 is 20.1 Å². The first-order chi connectivity index (χ1) is 9.61. The number of amides is 1. The normalized spacial score (nSPS) is 12.6. The third kappa shape index (κ3) is 3.34. The number of benzene rings is 1. The fourth-order valence-electron chi connectivity index (χ4n) is 1.96. The van der Waals surface area contributed by atoms with Gasteiger partial charge >= 0.3 is 0 Å². The van der Waals surface area contributed by atoms with Gasteiger partial charge in [0.05, 0.1) is 12.7 Å². The highest BCUT2D eigenvalue weighted by atomic mass is 19.1. The van der Waals surface area contributed by atoms with Crippen molar-refractivity contribution in [2.75, 3.05) is 20.3 Å². The summed E-state index contributed by atoms with van der Waals surface area (Å²) in [6, 6.07) is 6.11. The molecule has 2 rings (SSSR count). The van der Waals surface area contributed by atoms with E-state index in [4.69, 9.17) is 4.74 Å². The number of carbonyl (C=O) groups excluding carboxylic acids is 1. The van der Waals surface area contributed by atoms with Crippen molar-refractivity contribution < 1.29 is 19.0 Å². The Hall–Kier alpha value is -1.92. The minimum Gasteiger partial charge on any atom is -0.391 e. The Morgan fingerprint density at radius 1 is 1.55 bits per heavy atom. The van der Waals surface area contributed by atoms with Gasteiger partial charge in [0.25, 0.3) is 5.91 Å². The largest absolute Gasteiger partial charge is 0.391 e. The van der Waals surface area contributed by atoms with Gasteiger partial charge in [0.15, 0.2) is 0 Å². The standard InChI is InChI=1S/C14H17FN2O3/c1-20-8-9(18)5-6-16-14(19)13-7-10-11(15)3-2-4-12(10)17-13/h2-4,7,9,17-18H,5-6,8H2,1H3,(H,16,19). The van der Waals surface area contributed by atoms with E-state index in [9.17, 15) is 14.3 Å². The fraction of sp³-hybridized carbons (Fsp3) is 0.357. The second kappa shape index (κ2) is 6.49. The van der Waals surface area contributed by atoms with Crippen molar-refractivity contribution >= 4 is 16.8 Å². The Bertz CT molecular complexity index is 597. The van der Waals surface area contributed by atoms with Crippen molar-refractivity contribution in [3.63, 3.8) is 0 Å². The summed E-state index contributed by atoms with van der Waals surface area (Å²) in [5, 5.41) is 12.5. The maximum atomic E-state index is 13.5. The summed E-state index contributed by atoms with van der Waals surface area (Å²) < 4.78 is 18.3. The van der Waals surface area contributed by atoms with E-state index in [0.717, 1.165) is 0 Å². The van der Waals surface area contributed by atoms with E-state index in [-0.39, 0.29) is 18.3 Å². The Balaban J connectivity index is 1.96. The van der Waals surface area contributed by atoms with Gasteiger partial charge in [0.2, 0.25) is 0 Å². The number of hydrogen-bond acceptors (Lipinski definition) is 3. The van der Waals surface area contributed by atoms with Gasteiger partial charge in [-0.1, -0.05) is 6.07 Å². The van der Waals surface area contributed by atoms with Crippen molar-refractivity contribution in [2.24, 2.45) is 0 Å². The molecule has 0 aliphatic carbocycles. The second-order valence-electron chi connectivity index (χ2n) is 4.54. The molecule has 20 heavy (non-hydrogen) atoms. The number of ether oxygens (including phenoxy) is 1. The van der Waals surface area contributed by atoms with Crippen molar-refractivity contribution in [1.82, 2.24) is 10.3 Å². The summed E-state index contributed by atoms with van der Waals surface area (Å²) in [5.74, 6) is -0.696. The minimum absolute atomic E-state index is 0.230. The molecule has 3 N–H and O–H groups in total. The quantitative estimate of drug-likeness (QED) is 0.749. The first kappa shape index (κ1) is 14.5. The zero-order valence-electron chi connectivity index (χ0n) is 11.1. The summed E-state index contributed by atoms with van der Waals surface area (Å²) >= 11 is 0. The van der Waals surface area contributed by atoms with Crippen LogP contribution in [0.3, 0.4) is 0 Å². The van der Waals surface area contributed by atoms with Crippen molar-refractivity contribution in [3.8, 4) is 0 Å². The van der Waals surface area contributed by atoms with Crippen LogP contribution in [0.5, 0.6) is 0 Å². The molecule has 0 saturated carbocycles. The molecule has 1 atom stereocenters. The second-order valence-corrected chi connectivity index (χ2v) is 4.54. The van der Waals surface area contributed by atoms with Crippen LogP contribution in [0.2, 0.25) is 0 Å². The van der Waals surface area contributed by atoms with Gasteiger partial charge in [0.1, 0.15) is 11.5 Å². The molecule has 0 spiro atoms. The number of carbonyl (C=O) groups is 1. The van der Waals surface area contributed by atoms with Gasteiger partial charge in [-0.05, 0) is 24.6 Å². The highest BCUT2D eigenvalue weighted by Crippen LogP contribution is 2.18. The average molecular weight is 280 g/mol. The van der Waals surface area contributed by atoms with Crippen LogP contribution in [0.4, 0.5) is 4.39 Å². The summed E-state index contributed by atoms with van der Waals surface area (Å²) in [5.41, 5.74) is 0.876. The fourth-order valence-corrected chi connectivity index (χ4v) is 1.96. The van der Waals surface area contributed by atoms with Crippen LogP contribution in [-0.4, -0.2) is 42.4 Å². The lowest BCUT2D eigenvalue weighted by Crippen LogP contribution is -2.28. The van der Waals surface area contributed by atoms with Gasteiger partial charge in [-0.3, -0.25) is 4.79 Å². The van der Waals surface area contributed by atoms with Crippen LogP contribution < -0.4 is 5.32 Å². The number of rotatable bonds is 6. The number of methoxy groups -OCH3 is 1. The molecule has 0 aliphatic heterocycles. The average Bonchev–Trinajstić information content (AvgIpc) is 2.84. The molecule has 1 aromatic carbocycles. The highest BCUT2D eigenvalue weighted by molar-refractivity contribution is 5.98. The Labute approximate surface area is 115 Å². The number of fused-ring (bicyclic) bond motifs is 1. The van der Waals surface area contributed by atoms with E-state index in [2.05, 4.69) is 10.3 Å². The lowest BCUT2D eigenvalue weighted by Gasteiger charge is -2.09. The number of halogens is 1. The van der Waals surface area contributed by atoms with Crippen LogP contribution in [-0.2, 0) is 4.74 Å². The number of H-pyrrole nitrogens is 1. The molecule has 5 nitrogen and oxygen atoms in total. The molecule has 0 bridgehead atoms. The first-order valence-corrected chi connectivity index (χ1v) is 6.34. The molecular formula is C14H17FN2O3. The summed E-state index contributed by atoms with van der Waals surface area (Å²) in [6.45, 7) is 0.550. The van der Waals surface area contributed by atoms with Gasteiger partial charge in [0, 0.05) is 24.6 Å². The SMILES string of the molecule is COCC(O)CCNC(=O)c1cc2c(F)cccc2[nH]1. The summed E-state index contributed by atoms with van der Waals surface area (Å²) in [6.07, 6.45) is -0.214. The molecule has 1 aromatic heterocycles. The Kier molecular flexibility index (Phi) is 4.70. The number of aromatic amines is 1. The van der Waals surface area contributed by atoms with Crippen LogP contribution in [0.25, 0.3) is 10.9 Å². The zero-order valence-corrected chi connectivity index (χ0v) is 11.1. The van der Waals surface area contributed by atoms with Gasteiger partial charge in [-0.2, -0.15) is 0 Å². The lowest BCUT2D eigenvalue weighted by molar-refractivity contribution is 0.0587. The topological polar surface area (TPSA) is 74.3 Å². The number of aliphatic hydroxyl groups excluding tert-OH is 1. The number of nitrogens with one attached hydrogen (secondary N) is 2. The van der Waals surface area contributed by atoms with Crippen molar-refractivity contribution in [3.05, 3.63) is 35.8 Å². The first-order valence-electron chi connectivity index (χ1n) is 6.34. The third-order valence-electron chi connectivity index (χ3n) is 2.98. The van der Waals surface area contributed by atoms with Gasteiger partial charge in [-0.15, -0.1) is 0 Å². The van der Waals surface area contributed by atoms with Crippen LogP contribution in [0.15, 0.2) is 24.3 Å². The van der Waals surface area contributed by atoms with E-state index in [0.29, 0.717) is 29.6 Å². The molecule has 0 saturated heterocycles. The summed E-state index contributed by atoms with van der Waals surface area (Å²) in [7, 11) is 1.50. The van der Waals surface area contributed by atoms with Crippen molar-refractivity contribution in [1.29, 1.82) is 0 Å². The molecule has 0 fully saturated rings. The van der Waals surface area contributed by atoms with E-state index in [1.807, 2.05) is 0 Å². The Morgan fingerprint density at radius 2 is 2.35 bits per heavy atom. The maximum absolute atomic E-state index is 13.5. The smallest absolute Gasteiger partial charge is 0.267 e. The molecule has 6 heteroatoms. The summed E-state index contributed by atoms with van der Waals surface area (Å²) in [4.78, 5) is 14.7. The van der Waals surface area contributed by atoms with E-state index in [1.165, 1.54) is 19.2 Å². The monoisotopic (exact) mass is 280 g/mol. The number of aliphatic hydroxyl groups is 1. The molecule has 1 heterocycles. The molecule has 0 radical (unpaired) electrons. The van der Waals surface area contributed by atoms with Crippen LogP contribution in [0.1, 0.15) is 16.9 Å². The molecule has 2 aromatic rings. The maximum Gasteiger partial charge on any atom is 0.267 e. The lowest BCUT2D eigenvalue weighted by atomic mass is 10.2. The Morgan fingerprint density at radius 3 is 3.05 bits per heavy atom. The van der Waals surface area contributed by atoms with E-state index >= 15 is 0 Å². The van der Waals surface area contributed by atoms with E-state index in [1.54, 1.807) is 12.1 Å². The van der Waals surface area contributed by atoms with Gasteiger partial charge in [-0.25, -0.2) is 4.39 Å². The molecule has 1 unspecified atom stereocenters. The molecule has 1 amide bonds. The van der Waals surface area contributed by atoms with Crippen molar-refractivity contribution in [2.45, 2.75) is 12.5 Å². The zero-order chi connectivity index (χ0) is 14.5. The minimum atomic E-state index is -0.611.